The molecule has 21 heavy (non-hydrogen) atoms. The molecule has 0 aromatic rings. The molecule has 3 fully saturated rings. The van der Waals surface area contributed by atoms with E-state index in [0.717, 1.165) is 25.7 Å². The van der Waals surface area contributed by atoms with E-state index < -0.39 is 5.92 Å². The van der Waals surface area contributed by atoms with Crippen LogP contribution in [0.25, 0.3) is 0 Å². The number of carbonyl (C=O) groups is 3. The summed E-state index contributed by atoms with van der Waals surface area (Å²) in [5, 5.41) is 2.26. The number of imide groups is 1. The van der Waals surface area contributed by atoms with Crippen molar-refractivity contribution in [1.29, 1.82) is 0 Å². The minimum absolute atomic E-state index is 0.0295. The lowest BCUT2D eigenvalue weighted by Crippen LogP contribution is -2.54. The van der Waals surface area contributed by atoms with Crippen molar-refractivity contribution in [2.24, 2.45) is 5.92 Å². The van der Waals surface area contributed by atoms with Gasteiger partial charge in [0, 0.05) is 25.9 Å². The van der Waals surface area contributed by atoms with Crippen LogP contribution in [0.2, 0.25) is 0 Å². The Kier molecular flexibility index (Phi) is 3.97. The first-order chi connectivity index (χ1) is 10.1. The highest BCUT2D eigenvalue weighted by molar-refractivity contribution is 6.04. The van der Waals surface area contributed by atoms with Crippen LogP contribution in [0.3, 0.4) is 0 Å². The van der Waals surface area contributed by atoms with Crippen LogP contribution in [0.15, 0.2) is 0 Å². The molecule has 0 bridgehead atoms. The number of nitrogens with zero attached hydrogens (tertiary/aromatic N) is 1. The van der Waals surface area contributed by atoms with Crippen LogP contribution in [-0.4, -0.2) is 47.9 Å². The van der Waals surface area contributed by atoms with E-state index in [-0.39, 0.29) is 36.2 Å². The first-order valence-corrected chi connectivity index (χ1v) is 7.83. The summed E-state index contributed by atoms with van der Waals surface area (Å²) in [5.74, 6) is -1.11. The second-order valence-electron chi connectivity index (χ2n) is 6.43. The van der Waals surface area contributed by atoms with E-state index >= 15 is 0 Å². The highest BCUT2D eigenvalue weighted by Gasteiger charge is 2.40. The maximum atomic E-state index is 12.4. The fraction of sp³-hybridized carbons (Fsp3) is 0.800. The molecule has 2 saturated heterocycles. The second-order valence-corrected chi connectivity index (χ2v) is 6.43. The van der Waals surface area contributed by atoms with Crippen LogP contribution in [0.1, 0.15) is 44.9 Å². The number of nitrogens with one attached hydrogen (secondary N) is 1. The quantitative estimate of drug-likeness (QED) is 0.757. The molecule has 3 rings (SSSR count). The summed E-state index contributed by atoms with van der Waals surface area (Å²) in [4.78, 5) is 37.0. The van der Waals surface area contributed by atoms with Gasteiger partial charge in [-0.05, 0) is 12.8 Å². The van der Waals surface area contributed by atoms with Gasteiger partial charge in [0.15, 0.2) is 0 Å². The fourth-order valence-corrected chi connectivity index (χ4v) is 3.67. The average molecular weight is 294 g/mol. The minimum atomic E-state index is -0.491. The van der Waals surface area contributed by atoms with Crippen molar-refractivity contribution in [3.8, 4) is 0 Å². The summed E-state index contributed by atoms with van der Waals surface area (Å²) in [6, 6.07) is 0. The minimum Gasteiger partial charge on any atom is -0.371 e. The van der Waals surface area contributed by atoms with Gasteiger partial charge in [-0.1, -0.05) is 19.3 Å². The Morgan fingerprint density at radius 1 is 1.29 bits per heavy atom. The molecule has 1 N–H and O–H groups in total. The molecule has 0 radical (unpaired) electrons. The monoisotopic (exact) mass is 294 g/mol. The van der Waals surface area contributed by atoms with E-state index in [0.29, 0.717) is 19.7 Å². The van der Waals surface area contributed by atoms with Crippen molar-refractivity contribution in [1.82, 2.24) is 10.2 Å². The Balaban J connectivity index is 1.59. The first-order valence-electron chi connectivity index (χ1n) is 7.83. The fourth-order valence-electron chi connectivity index (χ4n) is 3.67. The van der Waals surface area contributed by atoms with Crippen molar-refractivity contribution in [2.75, 3.05) is 19.7 Å². The maximum Gasteiger partial charge on any atom is 0.230 e. The number of hydrogen-bond acceptors (Lipinski definition) is 4. The molecule has 1 aliphatic carbocycles. The number of carbonyl (C=O) groups excluding carboxylic acids is 3. The summed E-state index contributed by atoms with van der Waals surface area (Å²) in [6.07, 6.45) is 5.85. The van der Waals surface area contributed by atoms with Crippen LogP contribution in [0, 0.1) is 5.92 Å². The second kappa shape index (κ2) is 5.75. The van der Waals surface area contributed by atoms with Gasteiger partial charge >= 0.3 is 0 Å². The SMILES string of the molecule is O=C1C[C@H](CC(=O)N2CCOC3(CCCCC3)C2)C(=O)N1. The molecule has 6 nitrogen and oxygen atoms in total. The topological polar surface area (TPSA) is 75.7 Å². The van der Waals surface area contributed by atoms with Crippen molar-refractivity contribution in [3.63, 3.8) is 0 Å². The van der Waals surface area contributed by atoms with Gasteiger partial charge in [0.2, 0.25) is 17.7 Å². The van der Waals surface area contributed by atoms with Gasteiger partial charge in [-0.25, -0.2) is 0 Å². The maximum absolute atomic E-state index is 12.4. The molecule has 116 valence electrons. The molecule has 0 aromatic heterocycles. The highest BCUT2D eigenvalue weighted by atomic mass is 16.5. The Morgan fingerprint density at radius 2 is 2.05 bits per heavy atom. The zero-order valence-electron chi connectivity index (χ0n) is 12.2. The molecule has 1 saturated carbocycles. The Hall–Kier alpha value is -1.43. The van der Waals surface area contributed by atoms with Gasteiger partial charge < -0.3 is 9.64 Å². The zero-order valence-corrected chi connectivity index (χ0v) is 12.2. The average Bonchev–Trinajstić information content (AvgIpc) is 2.78. The summed E-state index contributed by atoms with van der Waals surface area (Å²) >= 11 is 0. The predicted molar refractivity (Wildman–Crippen MR) is 74.2 cm³/mol. The van der Waals surface area contributed by atoms with Crippen LogP contribution in [0.5, 0.6) is 0 Å². The van der Waals surface area contributed by atoms with E-state index in [1.165, 1.54) is 6.42 Å². The van der Waals surface area contributed by atoms with E-state index in [1.807, 2.05) is 4.90 Å². The Bertz CT molecular complexity index is 451. The molecule has 0 aromatic carbocycles. The molecule has 0 unspecified atom stereocenters. The van der Waals surface area contributed by atoms with Gasteiger partial charge in [0.25, 0.3) is 0 Å². The van der Waals surface area contributed by atoms with E-state index in [2.05, 4.69) is 5.32 Å². The number of amides is 3. The number of hydrogen-bond donors (Lipinski definition) is 1. The summed E-state index contributed by atoms with van der Waals surface area (Å²) < 4.78 is 5.97. The third kappa shape index (κ3) is 3.10. The van der Waals surface area contributed by atoms with E-state index in [4.69, 9.17) is 4.74 Å². The van der Waals surface area contributed by atoms with Gasteiger partial charge in [-0.2, -0.15) is 0 Å². The lowest BCUT2D eigenvalue weighted by Gasteiger charge is -2.45. The lowest BCUT2D eigenvalue weighted by atomic mass is 9.83. The first kappa shape index (κ1) is 14.5. The predicted octanol–water partition coefficient (Wildman–Crippen LogP) is 0.601. The molecule has 2 aliphatic heterocycles. The lowest BCUT2D eigenvalue weighted by molar-refractivity contribution is -0.157. The largest absolute Gasteiger partial charge is 0.371 e. The normalized spacial score (nSPS) is 28.8. The van der Waals surface area contributed by atoms with Crippen LogP contribution in [0.4, 0.5) is 0 Å². The van der Waals surface area contributed by atoms with Gasteiger partial charge in [0.05, 0.1) is 18.1 Å². The Labute approximate surface area is 124 Å². The molecule has 3 aliphatic rings. The smallest absolute Gasteiger partial charge is 0.230 e. The van der Waals surface area contributed by atoms with Crippen molar-refractivity contribution >= 4 is 17.7 Å². The molecule has 3 amide bonds. The van der Waals surface area contributed by atoms with E-state index in [9.17, 15) is 14.4 Å². The third-order valence-electron chi connectivity index (χ3n) is 4.85. The van der Waals surface area contributed by atoms with Gasteiger partial charge in [-0.3, -0.25) is 19.7 Å². The summed E-state index contributed by atoms with van der Waals surface area (Å²) in [7, 11) is 0. The molecule has 1 atom stereocenters. The van der Waals surface area contributed by atoms with Crippen LogP contribution >= 0.6 is 0 Å². The molecular formula is C15H22N2O4. The van der Waals surface area contributed by atoms with Crippen molar-refractivity contribution in [3.05, 3.63) is 0 Å². The summed E-state index contributed by atoms with van der Waals surface area (Å²) in [6.45, 7) is 1.79. The highest BCUT2D eigenvalue weighted by Crippen LogP contribution is 2.34. The Morgan fingerprint density at radius 3 is 2.71 bits per heavy atom. The summed E-state index contributed by atoms with van der Waals surface area (Å²) in [5.41, 5.74) is -0.167. The van der Waals surface area contributed by atoms with Crippen molar-refractivity contribution < 1.29 is 19.1 Å². The van der Waals surface area contributed by atoms with Gasteiger partial charge in [-0.15, -0.1) is 0 Å². The molecule has 1 spiro atoms. The number of morpholine rings is 1. The number of ether oxygens (including phenoxy) is 1. The third-order valence-corrected chi connectivity index (χ3v) is 4.85. The van der Waals surface area contributed by atoms with Crippen molar-refractivity contribution in [2.45, 2.75) is 50.5 Å². The van der Waals surface area contributed by atoms with Crippen LogP contribution in [-0.2, 0) is 19.1 Å². The van der Waals surface area contributed by atoms with Crippen LogP contribution < -0.4 is 5.32 Å². The standard InChI is InChI=1S/C15H22N2O4/c18-12-8-11(14(20)16-12)9-13(19)17-6-7-21-15(10-17)4-2-1-3-5-15/h11H,1-10H2,(H,16,18,20)/t11-/m1/s1. The zero-order chi connectivity index (χ0) is 14.9. The number of rotatable bonds is 2. The molecule has 2 heterocycles. The van der Waals surface area contributed by atoms with Gasteiger partial charge in [0.1, 0.15) is 0 Å². The molecular weight excluding hydrogens is 272 g/mol. The molecule has 6 heteroatoms. The van der Waals surface area contributed by atoms with E-state index in [1.54, 1.807) is 0 Å².